The number of aliphatic hydroxyl groups is 1. The van der Waals surface area contributed by atoms with Gasteiger partial charge < -0.3 is 14.7 Å². The van der Waals surface area contributed by atoms with Crippen molar-refractivity contribution < 1.29 is 9.84 Å². The molecule has 1 spiro atoms. The summed E-state index contributed by atoms with van der Waals surface area (Å²) in [5.74, 6) is 0.912. The fourth-order valence-corrected chi connectivity index (χ4v) is 4.45. The topological polar surface area (TPSA) is 45.6 Å². The summed E-state index contributed by atoms with van der Waals surface area (Å²) in [7, 11) is 0. The molecule has 0 radical (unpaired) electrons. The molecule has 1 aromatic heterocycles. The molecule has 2 saturated heterocycles. The van der Waals surface area contributed by atoms with Crippen LogP contribution >= 0.6 is 11.6 Å². The second-order valence-corrected chi connectivity index (χ2v) is 7.94. The second-order valence-electron chi connectivity index (χ2n) is 7.53. The molecule has 1 aromatic carbocycles. The number of nitrogens with zero attached hydrogens (tertiary/aromatic N) is 2. The van der Waals surface area contributed by atoms with Crippen molar-refractivity contribution in [2.45, 2.75) is 32.8 Å². The van der Waals surface area contributed by atoms with Crippen molar-refractivity contribution in [1.29, 1.82) is 0 Å². The van der Waals surface area contributed by atoms with Crippen LogP contribution in [0.15, 0.2) is 30.3 Å². The van der Waals surface area contributed by atoms with Crippen LogP contribution in [0, 0.1) is 12.3 Å². The Hall–Kier alpha value is -1.62. The predicted molar refractivity (Wildman–Crippen MR) is 105 cm³/mol. The zero-order valence-electron chi connectivity index (χ0n) is 15.2. The molecule has 4 rings (SSSR count). The van der Waals surface area contributed by atoms with E-state index in [2.05, 4.69) is 4.90 Å². The van der Waals surface area contributed by atoms with Gasteiger partial charge in [-0.3, -0.25) is 0 Å². The van der Waals surface area contributed by atoms with Crippen LogP contribution in [-0.4, -0.2) is 36.4 Å². The Bertz CT molecular complexity index is 793. The van der Waals surface area contributed by atoms with Crippen LogP contribution < -0.4 is 4.90 Å². The lowest BCUT2D eigenvalue weighted by Gasteiger charge is -2.39. The molecule has 2 aliphatic heterocycles. The van der Waals surface area contributed by atoms with Crippen molar-refractivity contribution in [3.05, 3.63) is 46.6 Å². The van der Waals surface area contributed by atoms with E-state index in [1.165, 1.54) is 6.42 Å². The summed E-state index contributed by atoms with van der Waals surface area (Å²) in [5.41, 5.74) is 4.11. The molecule has 0 unspecified atom stereocenters. The highest BCUT2D eigenvalue weighted by Gasteiger charge is 2.38. The highest BCUT2D eigenvalue weighted by molar-refractivity contribution is 6.33. The summed E-state index contributed by atoms with van der Waals surface area (Å²) in [6, 6.07) is 9.82. The molecule has 4 nitrogen and oxygen atoms in total. The fourth-order valence-electron chi connectivity index (χ4n) is 4.21. The molecule has 0 saturated carbocycles. The largest absolute Gasteiger partial charge is 0.392 e. The number of aromatic nitrogens is 1. The standard InChI is InChI=1S/C21H25ClN2O2/c1-15-18(17-4-2-3-5-19(17)22)12-16(13-25)20(23-15)24-9-6-21(7-10-24)8-11-26-14-21/h2-5,12,25H,6-11,13-14H2,1H3. The van der Waals surface area contributed by atoms with Gasteiger partial charge >= 0.3 is 0 Å². The van der Waals surface area contributed by atoms with Crippen molar-refractivity contribution in [3.8, 4) is 11.1 Å². The van der Waals surface area contributed by atoms with Gasteiger partial charge in [0.2, 0.25) is 0 Å². The quantitative estimate of drug-likeness (QED) is 0.876. The van der Waals surface area contributed by atoms with Crippen molar-refractivity contribution in [1.82, 2.24) is 4.98 Å². The van der Waals surface area contributed by atoms with Crippen molar-refractivity contribution >= 4 is 17.4 Å². The van der Waals surface area contributed by atoms with E-state index >= 15 is 0 Å². The Morgan fingerprint density at radius 3 is 2.62 bits per heavy atom. The summed E-state index contributed by atoms with van der Waals surface area (Å²) in [6.07, 6.45) is 3.43. The summed E-state index contributed by atoms with van der Waals surface area (Å²) in [4.78, 5) is 7.19. The van der Waals surface area contributed by atoms with E-state index < -0.39 is 0 Å². The molecule has 0 amide bonds. The van der Waals surface area contributed by atoms with E-state index in [-0.39, 0.29) is 6.61 Å². The third-order valence-corrected chi connectivity index (χ3v) is 6.24. The van der Waals surface area contributed by atoms with Crippen LogP contribution in [0.2, 0.25) is 5.02 Å². The number of benzene rings is 1. The van der Waals surface area contributed by atoms with E-state index in [4.69, 9.17) is 21.3 Å². The van der Waals surface area contributed by atoms with E-state index in [0.717, 1.165) is 67.3 Å². The third-order valence-electron chi connectivity index (χ3n) is 5.91. The van der Waals surface area contributed by atoms with Gasteiger partial charge in [-0.25, -0.2) is 4.98 Å². The van der Waals surface area contributed by atoms with Gasteiger partial charge in [0.1, 0.15) is 5.82 Å². The first-order valence-corrected chi connectivity index (χ1v) is 9.69. The first kappa shape index (κ1) is 17.8. The normalized spacial score (nSPS) is 19.3. The number of aliphatic hydroxyl groups excluding tert-OH is 1. The molecule has 2 aromatic rings. The number of piperidine rings is 1. The van der Waals surface area contributed by atoms with Crippen LogP contribution in [-0.2, 0) is 11.3 Å². The molecular weight excluding hydrogens is 348 g/mol. The average molecular weight is 373 g/mol. The van der Waals surface area contributed by atoms with Gasteiger partial charge in [0.25, 0.3) is 0 Å². The SMILES string of the molecule is Cc1nc(N2CCC3(CCOC3)CC2)c(CO)cc1-c1ccccc1Cl. The van der Waals surface area contributed by atoms with E-state index in [9.17, 15) is 5.11 Å². The van der Waals surface area contributed by atoms with Gasteiger partial charge in [-0.15, -0.1) is 0 Å². The molecule has 26 heavy (non-hydrogen) atoms. The van der Waals surface area contributed by atoms with Crippen LogP contribution in [0.1, 0.15) is 30.5 Å². The number of aryl methyl sites for hydroxylation is 1. The third kappa shape index (κ3) is 3.22. The minimum absolute atomic E-state index is 0.0230. The average Bonchev–Trinajstić information content (AvgIpc) is 3.11. The Morgan fingerprint density at radius 1 is 1.19 bits per heavy atom. The Balaban J connectivity index is 1.63. The van der Waals surface area contributed by atoms with Gasteiger partial charge in [-0.1, -0.05) is 29.8 Å². The molecule has 5 heteroatoms. The smallest absolute Gasteiger partial charge is 0.134 e. The first-order valence-electron chi connectivity index (χ1n) is 9.31. The molecule has 2 fully saturated rings. The van der Waals surface area contributed by atoms with Crippen LogP contribution in [0.3, 0.4) is 0 Å². The summed E-state index contributed by atoms with van der Waals surface area (Å²) in [5, 5.41) is 10.7. The maximum atomic E-state index is 9.97. The van der Waals surface area contributed by atoms with Gasteiger partial charge in [0.05, 0.1) is 13.2 Å². The van der Waals surface area contributed by atoms with Crippen LogP contribution in [0.25, 0.3) is 11.1 Å². The van der Waals surface area contributed by atoms with Gasteiger partial charge in [-0.2, -0.15) is 0 Å². The number of ether oxygens (including phenoxy) is 1. The highest BCUT2D eigenvalue weighted by atomic mass is 35.5. The monoisotopic (exact) mass is 372 g/mol. The maximum absolute atomic E-state index is 9.97. The minimum Gasteiger partial charge on any atom is -0.392 e. The number of hydrogen-bond donors (Lipinski definition) is 1. The molecule has 3 heterocycles. The summed E-state index contributed by atoms with van der Waals surface area (Å²) < 4.78 is 5.63. The number of hydrogen-bond acceptors (Lipinski definition) is 4. The van der Waals surface area contributed by atoms with Crippen molar-refractivity contribution in [2.75, 3.05) is 31.2 Å². The summed E-state index contributed by atoms with van der Waals surface area (Å²) in [6.45, 7) is 5.71. The Kier molecular flexibility index (Phi) is 4.91. The molecule has 0 atom stereocenters. The van der Waals surface area contributed by atoms with Crippen molar-refractivity contribution in [3.63, 3.8) is 0 Å². The van der Waals surface area contributed by atoms with Crippen molar-refractivity contribution in [2.24, 2.45) is 5.41 Å². The fraction of sp³-hybridized carbons (Fsp3) is 0.476. The van der Waals surface area contributed by atoms with Crippen LogP contribution in [0.4, 0.5) is 5.82 Å². The number of anilines is 1. The lowest BCUT2D eigenvalue weighted by atomic mass is 9.78. The molecule has 1 N–H and O–H groups in total. The molecule has 138 valence electrons. The molecule has 2 aliphatic rings. The van der Waals surface area contributed by atoms with Crippen LogP contribution in [0.5, 0.6) is 0 Å². The second kappa shape index (κ2) is 7.18. The summed E-state index contributed by atoms with van der Waals surface area (Å²) >= 11 is 6.37. The Labute approximate surface area is 159 Å². The molecule has 0 bridgehead atoms. The van der Waals surface area contributed by atoms with Gasteiger partial charge in [0, 0.05) is 47.1 Å². The first-order chi connectivity index (χ1) is 12.6. The number of pyridine rings is 1. The lowest BCUT2D eigenvalue weighted by Crippen LogP contribution is -2.41. The maximum Gasteiger partial charge on any atom is 0.134 e. The zero-order chi connectivity index (χ0) is 18.1. The highest BCUT2D eigenvalue weighted by Crippen LogP contribution is 2.41. The van der Waals surface area contributed by atoms with Gasteiger partial charge in [-0.05, 0) is 43.7 Å². The lowest BCUT2D eigenvalue weighted by molar-refractivity contribution is 0.133. The van der Waals surface area contributed by atoms with E-state index in [1.54, 1.807) is 0 Å². The van der Waals surface area contributed by atoms with E-state index in [1.807, 2.05) is 37.3 Å². The van der Waals surface area contributed by atoms with Gasteiger partial charge in [0.15, 0.2) is 0 Å². The number of rotatable bonds is 3. The number of halogens is 1. The van der Waals surface area contributed by atoms with E-state index in [0.29, 0.717) is 10.4 Å². The zero-order valence-corrected chi connectivity index (χ0v) is 15.9. The molecular formula is C21H25ClN2O2. The Morgan fingerprint density at radius 2 is 1.96 bits per heavy atom. The predicted octanol–water partition coefficient (Wildman–Crippen LogP) is 4.21. The molecule has 0 aliphatic carbocycles. The minimum atomic E-state index is -0.0230.